The largest absolute Gasteiger partial charge is 0.225 e. The molecule has 1 rings (SSSR count). The predicted octanol–water partition coefficient (Wildman–Crippen LogP) is 4.60. The maximum Gasteiger partial charge on any atom is 0.0948 e. The Hall–Kier alpha value is -0.820. The van der Waals surface area contributed by atoms with Crippen molar-refractivity contribution >= 4 is 34.9 Å². The average Bonchev–Trinajstić information content (AvgIpc) is 2.16. The Balaban J connectivity index is 2.67. The van der Waals surface area contributed by atoms with E-state index in [4.69, 9.17) is 23.2 Å². The summed E-state index contributed by atoms with van der Waals surface area (Å²) < 4.78 is 0. The lowest BCUT2D eigenvalue weighted by Crippen LogP contribution is -1.75. The Morgan fingerprint density at radius 1 is 1.20 bits per heavy atom. The Bertz CT molecular complexity index is 362. The zero-order valence-electron chi connectivity index (χ0n) is 8.50. The van der Waals surface area contributed by atoms with Crippen molar-refractivity contribution in [3.63, 3.8) is 0 Å². The third-order valence-corrected chi connectivity index (χ3v) is 2.16. The standard InChI is InChI=1S/C11H12Cl2N2/c1-2-3-4-14-8-15-11-6-9(12)5-10(13)7-11/h5-7H,2-4H2,1H3. The number of nitrogens with zero attached hydrogens (tertiary/aromatic N) is 2. The van der Waals surface area contributed by atoms with Gasteiger partial charge in [-0.1, -0.05) is 36.5 Å². The van der Waals surface area contributed by atoms with Crippen LogP contribution in [0.2, 0.25) is 10.0 Å². The van der Waals surface area contributed by atoms with E-state index in [0.717, 1.165) is 19.4 Å². The molecule has 0 spiro atoms. The number of hydrogen-bond donors (Lipinski definition) is 0. The highest BCUT2D eigenvalue weighted by atomic mass is 35.5. The summed E-state index contributed by atoms with van der Waals surface area (Å²) in [6.07, 6.45) is 2.17. The van der Waals surface area contributed by atoms with E-state index >= 15 is 0 Å². The molecule has 4 heteroatoms. The molecule has 0 unspecified atom stereocenters. The Morgan fingerprint density at radius 2 is 1.87 bits per heavy atom. The van der Waals surface area contributed by atoms with Crippen LogP contribution in [-0.4, -0.2) is 12.6 Å². The number of aliphatic imine (C=N–C) groups is 2. The lowest BCUT2D eigenvalue weighted by atomic mass is 10.3. The molecular formula is C11H12Cl2N2. The fourth-order valence-electron chi connectivity index (χ4n) is 0.984. The van der Waals surface area contributed by atoms with Crippen LogP contribution in [0.4, 0.5) is 5.69 Å². The molecule has 15 heavy (non-hydrogen) atoms. The summed E-state index contributed by atoms with van der Waals surface area (Å²) in [5.41, 5.74) is 0.674. The molecule has 0 N–H and O–H groups in total. The maximum atomic E-state index is 5.81. The van der Waals surface area contributed by atoms with Crippen molar-refractivity contribution in [1.29, 1.82) is 0 Å². The number of rotatable bonds is 4. The molecule has 80 valence electrons. The summed E-state index contributed by atoms with van der Waals surface area (Å²) in [4.78, 5) is 8.03. The van der Waals surface area contributed by atoms with Gasteiger partial charge in [-0.3, -0.25) is 0 Å². The molecule has 0 aliphatic rings. The van der Waals surface area contributed by atoms with Crippen molar-refractivity contribution in [2.75, 3.05) is 6.54 Å². The van der Waals surface area contributed by atoms with Gasteiger partial charge in [0.1, 0.15) is 0 Å². The van der Waals surface area contributed by atoms with E-state index in [9.17, 15) is 0 Å². The van der Waals surface area contributed by atoms with E-state index < -0.39 is 0 Å². The van der Waals surface area contributed by atoms with E-state index in [2.05, 4.69) is 22.9 Å². The summed E-state index contributed by atoms with van der Waals surface area (Å²) in [7, 11) is 0. The van der Waals surface area contributed by atoms with Crippen LogP contribution >= 0.6 is 23.2 Å². The smallest absolute Gasteiger partial charge is 0.0948 e. The minimum Gasteiger partial charge on any atom is -0.225 e. The van der Waals surface area contributed by atoms with Gasteiger partial charge in [-0.15, -0.1) is 0 Å². The average molecular weight is 243 g/mol. The molecule has 0 aliphatic carbocycles. The third-order valence-electron chi connectivity index (χ3n) is 1.72. The van der Waals surface area contributed by atoms with Crippen LogP contribution in [0.15, 0.2) is 28.2 Å². The molecule has 0 bridgehead atoms. The summed E-state index contributed by atoms with van der Waals surface area (Å²) >= 11 is 11.6. The van der Waals surface area contributed by atoms with Crippen molar-refractivity contribution in [2.24, 2.45) is 9.98 Å². The maximum absolute atomic E-state index is 5.81. The van der Waals surface area contributed by atoms with E-state index in [1.54, 1.807) is 18.2 Å². The molecular weight excluding hydrogens is 231 g/mol. The number of halogens is 2. The first kappa shape index (κ1) is 12.3. The zero-order valence-corrected chi connectivity index (χ0v) is 10.0. The summed E-state index contributed by atoms with van der Waals surface area (Å²) in [5.74, 6) is 0. The fraction of sp³-hybridized carbons (Fsp3) is 0.364. The highest BCUT2D eigenvalue weighted by Crippen LogP contribution is 2.23. The zero-order chi connectivity index (χ0) is 11.1. The van der Waals surface area contributed by atoms with E-state index in [-0.39, 0.29) is 0 Å². The first-order valence-corrected chi connectivity index (χ1v) is 5.56. The monoisotopic (exact) mass is 242 g/mol. The fourth-order valence-corrected chi connectivity index (χ4v) is 1.50. The quantitative estimate of drug-likeness (QED) is 0.545. The number of benzene rings is 1. The second kappa shape index (κ2) is 6.62. The molecule has 0 aliphatic heterocycles. The highest BCUT2D eigenvalue weighted by Gasteiger charge is 1.94. The van der Waals surface area contributed by atoms with Crippen LogP contribution in [0, 0.1) is 0 Å². The van der Waals surface area contributed by atoms with Crippen molar-refractivity contribution < 1.29 is 0 Å². The van der Waals surface area contributed by atoms with Crippen molar-refractivity contribution in [3.8, 4) is 0 Å². The summed E-state index contributed by atoms with van der Waals surface area (Å²) in [6, 6.07) is 7.72. The van der Waals surface area contributed by atoms with Gasteiger partial charge in [-0.2, -0.15) is 4.99 Å². The first-order valence-electron chi connectivity index (χ1n) is 4.80. The number of hydrogen-bond acceptors (Lipinski definition) is 2. The van der Waals surface area contributed by atoms with Gasteiger partial charge in [0, 0.05) is 16.6 Å². The molecule has 0 heterocycles. The first-order chi connectivity index (χ1) is 7.22. The van der Waals surface area contributed by atoms with Gasteiger partial charge >= 0.3 is 0 Å². The van der Waals surface area contributed by atoms with Gasteiger partial charge in [0.25, 0.3) is 0 Å². The van der Waals surface area contributed by atoms with Crippen LogP contribution in [0.25, 0.3) is 0 Å². The summed E-state index contributed by atoms with van der Waals surface area (Å²) in [6.45, 7) is 2.87. The van der Waals surface area contributed by atoms with E-state index in [1.807, 2.05) is 0 Å². The molecule has 0 aromatic heterocycles. The Kier molecular flexibility index (Phi) is 5.41. The van der Waals surface area contributed by atoms with Crippen molar-refractivity contribution in [3.05, 3.63) is 28.2 Å². The lowest BCUT2D eigenvalue weighted by Gasteiger charge is -1.94. The third kappa shape index (κ3) is 4.98. The minimum atomic E-state index is 0.566. The van der Waals surface area contributed by atoms with Crippen LogP contribution in [0.1, 0.15) is 19.8 Å². The highest BCUT2D eigenvalue weighted by molar-refractivity contribution is 6.35. The Morgan fingerprint density at radius 3 is 2.47 bits per heavy atom. The van der Waals surface area contributed by atoms with Gasteiger partial charge in [-0.05, 0) is 24.6 Å². The van der Waals surface area contributed by atoms with Gasteiger partial charge < -0.3 is 0 Å². The van der Waals surface area contributed by atoms with E-state index in [1.165, 1.54) is 0 Å². The Labute approximate surface area is 99.7 Å². The van der Waals surface area contributed by atoms with Crippen molar-refractivity contribution in [1.82, 2.24) is 0 Å². The normalized spacial score (nSPS) is 9.53. The molecule has 0 radical (unpaired) electrons. The van der Waals surface area contributed by atoms with Crippen LogP contribution in [-0.2, 0) is 0 Å². The second-order valence-corrected chi connectivity index (χ2v) is 3.95. The topological polar surface area (TPSA) is 24.7 Å². The second-order valence-electron chi connectivity index (χ2n) is 3.07. The van der Waals surface area contributed by atoms with Gasteiger partial charge in [0.15, 0.2) is 0 Å². The van der Waals surface area contributed by atoms with Crippen LogP contribution in [0.3, 0.4) is 0 Å². The number of unbranched alkanes of at least 4 members (excludes halogenated alkanes) is 1. The van der Waals surface area contributed by atoms with Gasteiger partial charge in [-0.25, -0.2) is 4.99 Å². The molecule has 1 aromatic carbocycles. The molecule has 0 saturated carbocycles. The molecule has 2 nitrogen and oxygen atoms in total. The minimum absolute atomic E-state index is 0.566. The molecule has 0 fully saturated rings. The lowest BCUT2D eigenvalue weighted by molar-refractivity contribution is 0.810. The molecule has 1 aromatic rings. The van der Waals surface area contributed by atoms with Crippen molar-refractivity contribution in [2.45, 2.75) is 19.8 Å². The predicted molar refractivity (Wildman–Crippen MR) is 65.8 cm³/mol. The van der Waals surface area contributed by atoms with Crippen LogP contribution in [0.5, 0.6) is 0 Å². The van der Waals surface area contributed by atoms with Crippen LogP contribution < -0.4 is 0 Å². The van der Waals surface area contributed by atoms with E-state index in [0.29, 0.717) is 15.7 Å². The van der Waals surface area contributed by atoms with Gasteiger partial charge in [0.2, 0.25) is 0 Å². The summed E-state index contributed by atoms with van der Waals surface area (Å²) in [5, 5.41) is 1.13. The molecule has 0 atom stereocenters. The molecule has 0 amide bonds. The molecule has 0 saturated heterocycles. The van der Waals surface area contributed by atoms with Gasteiger partial charge in [0.05, 0.1) is 11.7 Å². The SMILES string of the molecule is CCCCN=C=Nc1cc(Cl)cc(Cl)c1.